The molecule has 0 bridgehead atoms. The molecule has 116 valence electrons. The van der Waals surface area contributed by atoms with Gasteiger partial charge in [-0.25, -0.2) is 0 Å². The van der Waals surface area contributed by atoms with Gasteiger partial charge in [0.05, 0.1) is 13.0 Å². The van der Waals surface area contributed by atoms with Crippen molar-refractivity contribution in [1.82, 2.24) is 10.2 Å². The first-order valence-corrected chi connectivity index (χ1v) is 7.72. The third-order valence-corrected chi connectivity index (χ3v) is 4.39. The van der Waals surface area contributed by atoms with Gasteiger partial charge in [-0.05, 0) is 49.9 Å². The SMILES string of the molecule is COC(=O)[C@H]1CC[C@H](c2nnc(-c3ccc(Cl)cc3)o2)CC1. The molecule has 2 aromatic rings. The van der Waals surface area contributed by atoms with Crippen molar-refractivity contribution in [3.05, 3.63) is 35.2 Å². The molecule has 0 N–H and O–H groups in total. The predicted octanol–water partition coefficient (Wildman–Crippen LogP) is 3.84. The molecule has 0 saturated heterocycles. The number of rotatable bonds is 3. The van der Waals surface area contributed by atoms with Crippen LogP contribution < -0.4 is 0 Å². The molecular formula is C16H17ClN2O3. The Labute approximate surface area is 133 Å². The molecule has 1 aliphatic carbocycles. The van der Waals surface area contributed by atoms with E-state index in [2.05, 4.69) is 10.2 Å². The monoisotopic (exact) mass is 320 g/mol. The zero-order chi connectivity index (χ0) is 15.5. The number of benzene rings is 1. The van der Waals surface area contributed by atoms with Gasteiger partial charge in [0.2, 0.25) is 11.8 Å². The van der Waals surface area contributed by atoms with Gasteiger partial charge in [0.25, 0.3) is 0 Å². The average Bonchev–Trinajstić information content (AvgIpc) is 3.05. The second kappa shape index (κ2) is 6.48. The number of esters is 1. The van der Waals surface area contributed by atoms with E-state index in [0.29, 0.717) is 16.8 Å². The maximum Gasteiger partial charge on any atom is 0.308 e. The Kier molecular flexibility index (Phi) is 4.43. The highest BCUT2D eigenvalue weighted by atomic mass is 35.5. The highest BCUT2D eigenvalue weighted by Gasteiger charge is 2.30. The molecule has 0 spiro atoms. The Morgan fingerprint density at radius 3 is 2.50 bits per heavy atom. The lowest BCUT2D eigenvalue weighted by atomic mass is 9.82. The van der Waals surface area contributed by atoms with Gasteiger partial charge in [-0.3, -0.25) is 4.79 Å². The molecule has 1 aromatic carbocycles. The van der Waals surface area contributed by atoms with E-state index in [-0.39, 0.29) is 17.8 Å². The first-order chi connectivity index (χ1) is 10.7. The normalized spacial score (nSPS) is 21.5. The summed E-state index contributed by atoms with van der Waals surface area (Å²) in [5.74, 6) is 1.25. The summed E-state index contributed by atoms with van der Waals surface area (Å²) in [5.41, 5.74) is 0.853. The third-order valence-electron chi connectivity index (χ3n) is 4.14. The first-order valence-electron chi connectivity index (χ1n) is 7.34. The third kappa shape index (κ3) is 3.14. The van der Waals surface area contributed by atoms with Crippen molar-refractivity contribution in [2.75, 3.05) is 7.11 Å². The molecule has 1 aliphatic rings. The molecule has 0 radical (unpaired) electrons. The Balaban J connectivity index is 1.67. The van der Waals surface area contributed by atoms with Crippen LogP contribution in [0.5, 0.6) is 0 Å². The van der Waals surface area contributed by atoms with Crippen molar-refractivity contribution >= 4 is 17.6 Å². The topological polar surface area (TPSA) is 65.2 Å². The lowest BCUT2D eigenvalue weighted by Gasteiger charge is -2.24. The highest BCUT2D eigenvalue weighted by Crippen LogP contribution is 2.36. The van der Waals surface area contributed by atoms with Crippen LogP contribution in [0.2, 0.25) is 5.02 Å². The van der Waals surface area contributed by atoms with Crippen LogP contribution in [-0.4, -0.2) is 23.3 Å². The van der Waals surface area contributed by atoms with E-state index in [1.165, 1.54) is 7.11 Å². The van der Waals surface area contributed by atoms with Gasteiger partial charge in [0.15, 0.2) is 0 Å². The van der Waals surface area contributed by atoms with Crippen molar-refractivity contribution in [3.8, 4) is 11.5 Å². The van der Waals surface area contributed by atoms with Gasteiger partial charge in [-0.1, -0.05) is 11.6 Å². The molecule has 0 atom stereocenters. The highest BCUT2D eigenvalue weighted by molar-refractivity contribution is 6.30. The second-order valence-electron chi connectivity index (χ2n) is 5.52. The van der Waals surface area contributed by atoms with Gasteiger partial charge in [0, 0.05) is 16.5 Å². The van der Waals surface area contributed by atoms with Crippen LogP contribution in [0.1, 0.15) is 37.5 Å². The molecule has 6 heteroatoms. The summed E-state index contributed by atoms with van der Waals surface area (Å²) in [5, 5.41) is 8.94. The van der Waals surface area contributed by atoms with E-state index in [0.717, 1.165) is 31.2 Å². The van der Waals surface area contributed by atoms with Crippen LogP contribution >= 0.6 is 11.6 Å². The van der Waals surface area contributed by atoms with Gasteiger partial charge in [-0.15, -0.1) is 10.2 Å². The molecular weight excluding hydrogens is 304 g/mol. The number of hydrogen-bond acceptors (Lipinski definition) is 5. The van der Waals surface area contributed by atoms with Gasteiger partial charge >= 0.3 is 5.97 Å². The Morgan fingerprint density at radius 2 is 1.86 bits per heavy atom. The number of nitrogens with zero attached hydrogens (tertiary/aromatic N) is 2. The predicted molar refractivity (Wildman–Crippen MR) is 81.5 cm³/mol. The van der Waals surface area contributed by atoms with Gasteiger partial charge < -0.3 is 9.15 Å². The molecule has 0 aliphatic heterocycles. The Bertz CT molecular complexity index is 646. The molecule has 0 amide bonds. The standard InChI is InChI=1S/C16H17ClN2O3/c1-21-16(20)12-4-2-10(3-5-12)14-18-19-15(22-14)11-6-8-13(17)9-7-11/h6-10,12H,2-5H2,1H3/t10-,12-. The summed E-state index contributed by atoms with van der Waals surface area (Å²) in [6.07, 6.45) is 3.33. The maximum atomic E-state index is 11.5. The molecule has 3 rings (SSSR count). The molecule has 0 unspecified atom stereocenters. The smallest absolute Gasteiger partial charge is 0.308 e. The van der Waals surface area contributed by atoms with E-state index >= 15 is 0 Å². The zero-order valence-electron chi connectivity index (χ0n) is 12.3. The summed E-state index contributed by atoms with van der Waals surface area (Å²) in [4.78, 5) is 11.5. The van der Waals surface area contributed by atoms with Gasteiger partial charge in [0.1, 0.15) is 0 Å². The second-order valence-corrected chi connectivity index (χ2v) is 5.96. The van der Waals surface area contributed by atoms with E-state index in [1.54, 1.807) is 12.1 Å². The minimum Gasteiger partial charge on any atom is -0.469 e. The lowest BCUT2D eigenvalue weighted by molar-refractivity contribution is -0.146. The summed E-state index contributed by atoms with van der Waals surface area (Å²) in [6, 6.07) is 7.30. The van der Waals surface area contributed by atoms with Crippen LogP contribution in [0.15, 0.2) is 28.7 Å². The molecule has 1 saturated carbocycles. The number of ether oxygens (including phenoxy) is 1. The minimum absolute atomic E-state index is 0.0000861. The molecule has 5 nitrogen and oxygen atoms in total. The number of carbonyl (C=O) groups is 1. The van der Waals surface area contributed by atoms with Crippen LogP contribution in [-0.2, 0) is 9.53 Å². The van der Waals surface area contributed by atoms with Crippen molar-refractivity contribution in [1.29, 1.82) is 0 Å². The Hall–Kier alpha value is -1.88. The lowest BCUT2D eigenvalue weighted by Crippen LogP contribution is -2.22. The fourth-order valence-corrected chi connectivity index (χ4v) is 2.98. The molecule has 1 fully saturated rings. The number of halogens is 1. The van der Waals surface area contributed by atoms with Crippen LogP contribution in [0, 0.1) is 5.92 Å². The maximum absolute atomic E-state index is 11.5. The van der Waals surface area contributed by atoms with Gasteiger partial charge in [-0.2, -0.15) is 0 Å². The number of aromatic nitrogens is 2. The molecule has 1 aromatic heterocycles. The van der Waals surface area contributed by atoms with Crippen molar-refractivity contribution in [2.45, 2.75) is 31.6 Å². The molecule has 22 heavy (non-hydrogen) atoms. The first kappa shape index (κ1) is 15.0. The number of hydrogen-bond donors (Lipinski definition) is 0. The van der Waals surface area contributed by atoms with Crippen LogP contribution in [0.3, 0.4) is 0 Å². The average molecular weight is 321 g/mol. The molecule has 1 heterocycles. The van der Waals surface area contributed by atoms with Crippen LogP contribution in [0.4, 0.5) is 0 Å². The fourth-order valence-electron chi connectivity index (χ4n) is 2.85. The number of carbonyl (C=O) groups excluding carboxylic acids is 1. The summed E-state index contributed by atoms with van der Waals surface area (Å²) in [6.45, 7) is 0. The van der Waals surface area contributed by atoms with Crippen molar-refractivity contribution in [3.63, 3.8) is 0 Å². The summed E-state index contributed by atoms with van der Waals surface area (Å²) in [7, 11) is 1.44. The fraction of sp³-hybridized carbons (Fsp3) is 0.438. The van der Waals surface area contributed by atoms with Crippen LogP contribution in [0.25, 0.3) is 11.5 Å². The minimum atomic E-state index is -0.120. The summed E-state index contributed by atoms with van der Waals surface area (Å²) < 4.78 is 10.6. The van der Waals surface area contributed by atoms with Crippen molar-refractivity contribution < 1.29 is 13.9 Å². The van der Waals surface area contributed by atoms with E-state index in [1.807, 2.05) is 12.1 Å². The zero-order valence-corrected chi connectivity index (χ0v) is 13.0. The largest absolute Gasteiger partial charge is 0.469 e. The Morgan fingerprint density at radius 1 is 1.18 bits per heavy atom. The van der Waals surface area contributed by atoms with E-state index in [9.17, 15) is 4.79 Å². The van der Waals surface area contributed by atoms with Crippen molar-refractivity contribution in [2.24, 2.45) is 5.92 Å². The van der Waals surface area contributed by atoms with E-state index < -0.39 is 0 Å². The quantitative estimate of drug-likeness (QED) is 0.804. The van der Waals surface area contributed by atoms with E-state index in [4.69, 9.17) is 20.8 Å². The summed E-state index contributed by atoms with van der Waals surface area (Å²) >= 11 is 5.87. The number of methoxy groups -OCH3 is 1.